The molecular weight excluding hydrogens is 214 g/mol. The predicted molar refractivity (Wildman–Crippen MR) is 65.1 cm³/mol. The maximum atomic E-state index is 5.23. The number of methoxy groups -OCH3 is 1. The lowest BCUT2D eigenvalue weighted by molar-refractivity contribution is 0.405. The van der Waals surface area contributed by atoms with Gasteiger partial charge in [-0.3, -0.25) is 0 Å². The van der Waals surface area contributed by atoms with Crippen LogP contribution in [0.4, 0.5) is 0 Å². The van der Waals surface area contributed by atoms with Crippen LogP contribution in [0.2, 0.25) is 0 Å². The Hall–Kier alpha value is -0.740. The number of rotatable bonds is 2. The average Bonchev–Trinajstić information content (AvgIpc) is 2.18. The molecule has 0 atom stereocenters. The Kier molecular flexibility index (Phi) is 4.22. The van der Waals surface area contributed by atoms with Crippen LogP contribution in [0.25, 0.3) is 0 Å². The van der Waals surface area contributed by atoms with Gasteiger partial charge in [0.1, 0.15) is 10.1 Å². The van der Waals surface area contributed by atoms with Crippen LogP contribution in [-0.2, 0) is 0 Å². The normalized spacial score (nSPS) is 9.64. The van der Waals surface area contributed by atoms with Crippen LogP contribution in [0.15, 0.2) is 29.2 Å². The smallest absolute Gasteiger partial charge is 0.140 e. The zero-order valence-electron chi connectivity index (χ0n) is 8.48. The van der Waals surface area contributed by atoms with Gasteiger partial charge in [0.05, 0.1) is 12.0 Å². The van der Waals surface area contributed by atoms with Crippen LogP contribution in [0, 0.1) is 0 Å². The Labute approximate surface area is 94.2 Å². The number of benzene rings is 1. The molecule has 0 aromatic heterocycles. The molecular formula is C10H13NOS2. The SMILES string of the molecule is COc1ccccc1SC(=S)N(C)C. The van der Waals surface area contributed by atoms with Gasteiger partial charge in [-0.1, -0.05) is 36.1 Å². The van der Waals surface area contributed by atoms with Crippen LogP contribution in [-0.4, -0.2) is 30.4 Å². The van der Waals surface area contributed by atoms with Crippen LogP contribution in [0.3, 0.4) is 0 Å². The number of thiocarbonyl (C=S) groups is 1. The average molecular weight is 227 g/mol. The van der Waals surface area contributed by atoms with E-state index in [1.165, 1.54) is 11.8 Å². The number of hydrogen-bond acceptors (Lipinski definition) is 3. The third-order valence-electron chi connectivity index (χ3n) is 1.63. The Morgan fingerprint density at radius 2 is 2.00 bits per heavy atom. The van der Waals surface area contributed by atoms with E-state index in [9.17, 15) is 0 Å². The van der Waals surface area contributed by atoms with E-state index in [2.05, 4.69) is 0 Å². The van der Waals surface area contributed by atoms with Crippen LogP contribution in [0.5, 0.6) is 5.75 Å². The lowest BCUT2D eigenvalue weighted by atomic mass is 10.3. The van der Waals surface area contributed by atoms with E-state index in [1.54, 1.807) is 7.11 Å². The Balaban J connectivity index is 2.80. The molecule has 0 aliphatic rings. The van der Waals surface area contributed by atoms with Crippen LogP contribution in [0.1, 0.15) is 0 Å². The van der Waals surface area contributed by atoms with Gasteiger partial charge in [-0.25, -0.2) is 0 Å². The Morgan fingerprint density at radius 3 is 2.57 bits per heavy atom. The van der Waals surface area contributed by atoms with Crippen molar-refractivity contribution in [1.29, 1.82) is 0 Å². The van der Waals surface area contributed by atoms with Crippen LogP contribution >= 0.6 is 24.0 Å². The molecule has 0 saturated carbocycles. The maximum absolute atomic E-state index is 5.23. The first-order valence-electron chi connectivity index (χ1n) is 4.17. The zero-order valence-corrected chi connectivity index (χ0v) is 10.1. The monoisotopic (exact) mass is 227 g/mol. The highest BCUT2D eigenvalue weighted by molar-refractivity contribution is 8.23. The highest BCUT2D eigenvalue weighted by Gasteiger charge is 2.06. The van der Waals surface area contributed by atoms with E-state index in [-0.39, 0.29) is 0 Å². The molecule has 14 heavy (non-hydrogen) atoms. The summed E-state index contributed by atoms with van der Waals surface area (Å²) in [5, 5.41) is 0. The van der Waals surface area contributed by atoms with E-state index in [1.807, 2.05) is 43.3 Å². The molecule has 0 fully saturated rings. The number of thioether (sulfide) groups is 1. The largest absolute Gasteiger partial charge is 0.496 e. The van der Waals surface area contributed by atoms with Crippen molar-refractivity contribution in [2.45, 2.75) is 4.90 Å². The van der Waals surface area contributed by atoms with Crippen molar-refractivity contribution in [2.24, 2.45) is 0 Å². The van der Waals surface area contributed by atoms with Crippen molar-refractivity contribution in [3.05, 3.63) is 24.3 Å². The number of para-hydroxylation sites is 1. The minimum Gasteiger partial charge on any atom is -0.496 e. The van der Waals surface area contributed by atoms with Crippen molar-refractivity contribution < 1.29 is 4.74 Å². The fourth-order valence-corrected chi connectivity index (χ4v) is 1.93. The number of ether oxygens (including phenoxy) is 1. The first-order chi connectivity index (χ1) is 6.65. The highest BCUT2D eigenvalue weighted by Crippen LogP contribution is 2.30. The summed E-state index contributed by atoms with van der Waals surface area (Å²) in [6.45, 7) is 0. The second-order valence-electron chi connectivity index (χ2n) is 2.91. The molecule has 4 heteroatoms. The molecule has 0 N–H and O–H groups in total. The molecule has 0 saturated heterocycles. The van der Waals surface area contributed by atoms with Gasteiger partial charge in [-0.15, -0.1) is 0 Å². The van der Waals surface area contributed by atoms with Gasteiger partial charge < -0.3 is 9.64 Å². The van der Waals surface area contributed by atoms with Gasteiger partial charge in [0.25, 0.3) is 0 Å². The second kappa shape index (κ2) is 5.22. The maximum Gasteiger partial charge on any atom is 0.140 e. The molecule has 76 valence electrons. The molecule has 1 aromatic rings. The molecule has 1 aromatic carbocycles. The lowest BCUT2D eigenvalue weighted by Gasteiger charge is -2.14. The number of nitrogens with zero attached hydrogens (tertiary/aromatic N) is 1. The zero-order chi connectivity index (χ0) is 10.6. The Morgan fingerprint density at radius 1 is 1.36 bits per heavy atom. The summed E-state index contributed by atoms with van der Waals surface area (Å²) in [5.74, 6) is 0.863. The second-order valence-corrected chi connectivity index (χ2v) is 4.59. The number of hydrogen-bond donors (Lipinski definition) is 0. The summed E-state index contributed by atoms with van der Waals surface area (Å²) >= 11 is 6.74. The summed E-state index contributed by atoms with van der Waals surface area (Å²) in [5.41, 5.74) is 0. The van der Waals surface area contributed by atoms with Crippen molar-refractivity contribution >= 4 is 28.3 Å². The standard InChI is InChI=1S/C10H13NOS2/c1-11(2)10(13)14-9-7-5-4-6-8(9)12-3/h4-7H,1-3H3. The fourth-order valence-electron chi connectivity index (χ4n) is 0.888. The molecule has 0 radical (unpaired) electrons. The summed E-state index contributed by atoms with van der Waals surface area (Å²) in [4.78, 5) is 2.96. The molecule has 0 bridgehead atoms. The van der Waals surface area contributed by atoms with E-state index in [0.29, 0.717) is 0 Å². The van der Waals surface area contributed by atoms with Crippen molar-refractivity contribution in [3.63, 3.8) is 0 Å². The van der Waals surface area contributed by atoms with Gasteiger partial charge in [0.2, 0.25) is 0 Å². The third-order valence-corrected chi connectivity index (χ3v) is 3.34. The molecule has 1 rings (SSSR count). The molecule has 0 unspecified atom stereocenters. The molecule has 0 aliphatic carbocycles. The quantitative estimate of drug-likeness (QED) is 0.568. The van der Waals surface area contributed by atoms with Gasteiger partial charge in [0, 0.05) is 14.1 Å². The highest BCUT2D eigenvalue weighted by atomic mass is 32.2. The van der Waals surface area contributed by atoms with Gasteiger partial charge in [-0.05, 0) is 12.1 Å². The first kappa shape index (κ1) is 11.3. The summed E-state index contributed by atoms with van der Waals surface area (Å²) in [6, 6.07) is 7.85. The third kappa shape index (κ3) is 2.89. The predicted octanol–water partition coefficient (Wildman–Crippen LogP) is 2.63. The minimum absolute atomic E-state index is 0.828. The van der Waals surface area contributed by atoms with Crippen molar-refractivity contribution in [1.82, 2.24) is 4.90 Å². The molecule has 0 amide bonds. The molecule has 0 spiro atoms. The first-order valence-corrected chi connectivity index (χ1v) is 5.39. The minimum atomic E-state index is 0.828. The van der Waals surface area contributed by atoms with E-state index in [0.717, 1.165) is 15.0 Å². The van der Waals surface area contributed by atoms with Crippen molar-refractivity contribution in [3.8, 4) is 5.75 Å². The van der Waals surface area contributed by atoms with Crippen molar-refractivity contribution in [2.75, 3.05) is 21.2 Å². The summed E-state index contributed by atoms with van der Waals surface area (Å²) in [6.07, 6.45) is 0. The van der Waals surface area contributed by atoms with Gasteiger partial charge in [-0.2, -0.15) is 0 Å². The van der Waals surface area contributed by atoms with Gasteiger partial charge in [0.15, 0.2) is 0 Å². The topological polar surface area (TPSA) is 12.5 Å². The van der Waals surface area contributed by atoms with E-state index in [4.69, 9.17) is 17.0 Å². The summed E-state index contributed by atoms with van der Waals surface area (Å²) < 4.78 is 6.06. The fraction of sp³-hybridized carbons (Fsp3) is 0.300. The van der Waals surface area contributed by atoms with Crippen LogP contribution < -0.4 is 4.74 Å². The van der Waals surface area contributed by atoms with E-state index >= 15 is 0 Å². The van der Waals surface area contributed by atoms with E-state index < -0.39 is 0 Å². The van der Waals surface area contributed by atoms with Gasteiger partial charge >= 0.3 is 0 Å². The lowest BCUT2D eigenvalue weighted by Crippen LogP contribution is -2.15. The molecule has 0 aliphatic heterocycles. The molecule has 2 nitrogen and oxygen atoms in total. The summed E-state index contributed by atoms with van der Waals surface area (Å²) in [7, 11) is 5.54. The Bertz CT molecular complexity index is 326. The molecule has 0 heterocycles.